The molecule has 0 fully saturated rings. The third-order valence-electron chi connectivity index (χ3n) is 4.57. The second-order valence-electron chi connectivity index (χ2n) is 7.07. The Labute approximate surface area is 187 Å². The van der Waals surface area contributed by atoms with Gasteiger partial charge in [-0.05, 0) is 48.0 Å². The molecule has 3 amide bonds. The van der Waals surface area contributed by atoms with E-state index in [0.29, 0.717) is 17.3 Å². The van der Waals surface area contributed by atoms with E-state index in [1.165, 1.54) is 18.2 Å². The number of rotatable bonds is 8. The van der Waals surface area contributed by atoms with E-state index >= 15 is 0 Å². The minimum absolute atomic E-state index is 0.0365. The fraction of sp³-hybridized carbons (Fsp3) is 0.125. The van der Waals surface area contributed by atoms with Gasteiger partial charge in [0.05, 0.1) is 5.56 Å². The molecular weight excluding hydrogens is 435 g/mol. The van der Waals surface area contributed by atoms with Crippen LogP contribution in [0.1, 0.15) is 32.7 Å². The monoisotopic (exact) mass is 455 g/mol. The lowest BCUT2D eigenvalue weighted by atomic mass is 10.1. The van der Waals surface area contributed by atoms with Gasteiger partial charge in [-0.25, -0.2) is 13.2 Å². The fourth-order valence-electron chi connectivity index (χ4n) is 2.94. The summed E-state index contributed by atoms with van der Waals surface area (Å²) in [7, 11) is 0. The highest BCUT2D eigenvalue weighted by Gasteiger charge is 2.13. The van der Waals surface area contributed by atoms with Crippen molar-refractivity contribution in [2.45, 2.75) is 13.0 Å². The Morgan fingerprint density at radius 2 is 1.52 bits per heavy atom. The van der Waals surface area contributed by atoms with Crippen molar-refractivity contribution in [2.24, 2.45) is 0 Å². The van der Waals surface area contributed by atoms with E-state index in [1.807, 2.05) is 0 Å². The largest absolute Gasteiger partial charge is 0.352 e. The topological polar surface area (TPSA) is 87.3 Å². The molecule has 0 aliphatic rings. The molecule has 0 unspecified atom stereocenters. The summed E-state index contributed by atoms with van der Waals surface area (Å²) in [6.07, 6.45) is -0.0510. The third-order valence-corrected chi connectivity index (χ3v) is 4.57. The van der Waals surface area contributed by atoms with E-state index < -0.39 is 29.3 Å². The number of nitrogens with one attached hydrogen (secondary N) is 3. The number of carbonyl (C=O) groups is 3. The van der Waals surface area contributed by atoms with Gasteiger partial charge in [0.15, 0.2) is 0 Å². The summed E-state index contributed by atoms with van der Waals surface area (Å²) in [4.78, 5) is 36.2. The number of carbonyl (C=O) groups excluding carboxylic acids is 3. The predicted octanol–water partition coefficient (Wildman–Crippen LogP) is 3.79. The summed E-state index contributed by atoms with van der Waals surface area (Å²) in [5.74, 6) is -3.87. The zero-order valence-corrected chi connectivity index (χ0v) is 17.3. The number of benzene rings is 3. The summed E-state index contributed by atoms with van der Waals surface area (Å²) >= 11 is 0. The molecule has 0 saturated carbocycles. The minimum Gasteiger partial charge on any atom is -0.352 e. The number of hydrogen-bond acceptors (Lipinski definition) is 3. The van der Waals surface area contributed by atoms with Crippen LogP contribution in [-0.4, -0.2) is 24.3 Å². The lowest BCUT2D eigenvalue weighted by Gasteiger charge is -2.10. The maximum absolute atomic E-state index is 13.6. The molecule has 0 aliphatic carbocycles. The smallest absolute Gasteiger partial charge is 0.255 e. The van der Waals surface area contributed by atoms with Crippen LogP contribution in [0.3, 0.4) is 0 Å². The first-order valence-electron chi connectivity index (χ1n) is 9.97. The van der Waals surface area contributed by atoms with Crippen molar-refractivity contribution < 1.29 is 27.6 Å². The molecule has 0 aromatic heterocycles. The van der Waals surface area contributed by atoms with Gasteiger partial charge in [-0.1, -0.05) is 18.2 Å². The second kappa shape index (κ2) is 10.9. The summed E-state index contributed by atoms with van der Waals surface area (Å²) in [6.45, 7) is 0.133. The van der Waals surface area contributed by atoms with Crippen LogP contribution in [0.2, 0.25) is 0 Å². The van der Waals surface area contributed by atoms with Crippen LogP contribution in [0, 0.1) is 17.5 Å². The van der Waals surface area contributed by atoms with Gasteiger partial charge in [-0.2, -0.15) is 0 Å². The summed E-state index contributed by atoms with van der Waals surface area (Å²) < 4.78 is 39.8. The SMILES string of the molecule is O=C(CCNC(=O)c1ccc(F)cc1F)NCc1cccc(NC(=O)c2cccc(F)c2)c1. The van der Waals surface area contributed by atoms with Crippen molar-refractivity contribution in [3.63, 3.8) is 0 Å². The lowest BCUT2D eigenvalue weighted by molar-refractivity contribution is -0.121. The molecule has 0 atom stereocenters. The van der Waals surface area contributed by atoms with E-state index in [0.717, 1.165) is 18.2 Å². The molecule has 3 aromatic carbocycles. The van der Waals surface area contributed by atoms with Crippen molar-refractivity contribution in [3.05, 3.63) is 101 Å². The molecule has 33 heavy (non-hydrogen) atoms. The van der Waals surface area contributed by atoms with E-state index in [4.69, 9.17) is 0 Å². The molecule has 9 heteroatoms. The molecule has 0 aliphatic heterocycles. The summed E-state index contributed by atoms with van der Waals surface area (Å²) in [5, 5.41) is 7.74. The van der Waals surface area contributed by atoms with E-state index in [-0.39, 0.29) is 36.5 Å². The quantitative estimate of drug-likeness (QED) is 0.483. The Bertz CT molecular complexity index is 1180. The van der Waals surface area contributed by atoms with E-state index in [1.54, 1.807) is 24.3 Å². The Hall–Kier alpha value is -4.14. The average Bonchev–Trinajstić information content (AvgIpc) is 2.78. The summed E-state index contributed by atoms with van der Waals surface area (Å²) in [6, 6.07) is 14.7. The number of amides is 3. The molecule has 0 saturated heterocycles. The molecular formula is C24H20F3N3O3. The van der Waals surface area contributed by atoms with Crippen LogP contribution in [0.25, 0.3) is 0 Å². The highest BCUT2D eigenvalue weighted by Crippen LogP contribution is 2.13. The van der Waals surface area contributed by atoms with Gasteiger partial charge in [-0.15, -0.1) is 0 Å². The molecule has 6 nitrogen and oxygen atoms in total. The Morgan fingerprint density at radius 1 is 0.758 bits per heavy atom. The Morgan fingerprint density at radius 3 is 2.27 bits per heavy atom. The predicted molar refractivity (Wildman–Crippen MR) is 116 cm³/mol. The molecule has 0 spiro atoms. The van der Waals surface area contributed by atoms with E-state index in [2.05, 4.69) is 16.0 Å². The Balaban J connectivity index is 1.45. The highest BCUT2D eigenvalue weighted by atomic mass is 19.1. The Kier molecular flexibility index (Phi) is 7.80. The maximum Gasteiger partial charge on any atom is 0.255 e. The van der Waals surface area contributed by atoms with Crippen molar-refractivity contribution >= 4 is 23.4 Å². The first-order valence-corrected chi connectivity index (χ1v) is 9.97. The van der Waals surface area contributed by atoms with Crippen LogP contribution >= 0.6 is 0 Å². The molecule has 0 bridgehead atoms. The number of anilines is 1. The molecule has 3 N–H and O–H groups in total. The van der Waals surface area contributed by atoms with Gasteiger partial charge in [0, 0.05) is 36.8 Å². The van der Waals surface area contributed by atoms with Gasteiger partial charge < -0.3 is 16.0 Å². The van der Waals surface area contributed by atoms with Crippen molar-refractivity contribution in [1.82, 2.24) is 10.6 Å². The van der Waals surface area contributed by atoms with Gasteiger partial charge in [0.2, 0.25) is 5.91 Å². The number of halogens is 3. The van der Waals surface area contributed by atoms with Crippen LogP contribution < -0.4 is 16.0 Å². The first-order chi connectivity index (χ1) is 15.8. The standard InChI is InChI=1S/C24H20F3N3O3/c25-17-5-2-4-16(12-17)23(32)30-19-6-1-3-15(11-19)14-29-22(31)9-10-28-24(33)20-8-7-18(26)13-21(20)27/h1-8,11-13H,9-10,14H2,(H,28,33)(H,29,31)(H,30,32). The van der Waals surface area contributed by atoms with Gasteiger partial charge in [-0.3, -0.25) is 14.4 Å². The zero-order valence-electron chi connectivity index (χ0n) is 17.3. The van der Waals surface area contributed by atoms with Crippen LogP contribution in [0.15, 0.2) is 66.7 Å². The van der Waals surface area contributed by atoms with Crippen molar-refractivity contribution in [3.8, 4) is 0 Å². The first kappa shape index (κ1) is 23.5. The zero-order chi connectivity index (χ0) is 23.8. The third kappa shape index (κ3) is 6.93. The number of hydrogen-bond donors (Lipinski definition) is 3. The lowest BCUT2D eigenvalue weighted by Crippen LogP contribution is -2.31. The van der Waals surface area contributed by atoms with E-state index in [9.17, 15) is 27.6 Å². The molecule has 0 heterocycles. The van der Waals surface area contributed by atoms with Gasteiger partial charge in [0.25, 0.3) is 11.8 Å². The van der Waals surface area contributed by atoms with Gasteiger partial charge in [0.1, 0.15) is 17.5 Å². The van der Waals surface area contributed by atoms with Crippen LogP contribution in [0.4, 0.5) is 18.9 Å². The minimum atomic E-state index is -0.985. The molecule has 170 valence electrons. The van der Waals surface area contributed by atoms with Crippen LogP contribution in [-0.2, 0) is 11.3 Å². The molecule has 0 radical (unpaired) electrons. The van der Waals surface area contributed by atoms with Gasteiger partial charge >= 0.3 is 0 Å². The fourth-order valence-corrected chi connectivity index (χ4v) is 2.94. The van der Waals surface area contributed by atoms with Crippen molar-refractivity contribution in [1.29, 1.82) is 0 Å². The maximum atomic E-state index is 13.6. The van der Waals surface area contributed by atoms with Crippen LogP contribution in [0.5, 0.6) is 0 Å². The average molecular weight is 455 g/mol. The summed E-state index contributed by atoms with van der Waals surface area (Å²) in [5.41, 5.74) is 1.05. The molecule has 3 aromatic rings. The molecule has 3 rings (SSSR count). The normalized spacial score (nSPS) is 10.4. The highest BCUT2D eigenvalue weighted by molar-refractivity contribution is 6.04. The van der Waals surface area contributed by atoms with Crippen molar-refractivity contribution in [2.75, 3.05) is 11.9 Å². The second-order valence-corrected chi connectivity index (χ2v) is 7.07.